The molecular formula is C11H18N4O. The summed E-state index contributed by atoms with van der Waals surface area (Å²) in [6.07, 6.45) is 4.21. The molecule has 0 radical (unpaired) electrons. The molecule has 0 saturated carbocycles. The Balaban J connectivity index is 1.90. The van der Waals surface area contributed by atoms with Gasteiger partial charge in [-0.25, -0.2) is 9.97 Å². The van der Waals surface area contributed by atoms with Crippen LogP contribution in [-0.2, 0) is 4.74 Å². The van der Waals surface area contributed by atoms with Gasteiger partial charge in [-0.1, -0.05) is 0 Å². The van der Waals surface area contributed by atoms with Crippen molar-refractivity contribution >= 4 is 11.6 Å². The summed E-state index contributed by atoms with van der Waals surface area (Å²) in [4.78, 5) is 10.3. The highest BCUT2D eigenvalue weighted by atomic mass is 16.5. The number of rotatable bonds is 4. The van der Waals surface area contributed by atoms with E-state index in [0.717, 1.165) is 31.2 Å². The Kier molecular flexibility index (Phi) is 3.56. The molecule has 0 aliphatic carbocycles. The predicted molar refractivity (Wildman–Crippen MR) is 63.8 cm³/mol. The first-order valence-electron chi connectivity index (χ1n) is 5.60. The number of hydrogen-bond donors (Lipinski definition) is 1. The molecule has 1 aliphatic rings. The average molecular weight is 222 g/mol. The van der Waals surface area contributed by atoms with Crippen LogP contribution < -0.4 is 10.2 Å². The molecule has 88 valence electrons. The summed E-state index contributed by atoms with van der Waals surface area (Å²) in [5, 5.41) is 3.28. The maximum Gasteiger partial charge on any atom is 0.133 e. The van der Waals surface area contributed by atoms with Gasteiger partial charge < -0.3 is 15.0 Å². The van der Waals surface area contributed by atoms with Crippen molar-refractivity contribution in [2.45, 2.75) is 18.9 Å². The Morgan fingerprint density at radius 3 is 3.06 bits per heavy atom. The topological polar surface area (TPSA) is 50.3 Å². The van der Waals surface area contributed by atoms with Gasteiger partial charge in [0, 0.05) is 33.3 Å². The van der Waals surface area contributed by atoms with E-state index in [9.17, 15) is 0 Å². The Bertz CT molecular complexity index is 337. The summed E-state index contributed by atoms with van der Waals surface area (Å²) in [6, 6.07) is 1.94. The molecule has 0 bridgehead atoms. The van der Waals surface area contributed by atoms with Gasteiger partial charge in [0.25, 0.3) is 0 Å². The van der Waals surface area contributed by atoms with Gasteiger partial charge in [0.05, 0.1) is 6.10 Å². The number of anilines is 2. The van der Waals surface area contributed by atoms with Crippen LogP contribution in [0.1, 0.15) is 12.8 Å². The molecule has 0 unspecified atom stereocenters. The Labute approximate surface area is 95.8 Å². The molecule has 5 nitrogen and oxygen atoms in total. The molecule has 5 heteroatoms. The minimum Gasteiger partial charge on any atom is -0.376 e. The Hall–Kier alpha value is -1.36. The minimum absolute atomic E-state index is 0.331. The third-order valence-corrected chi connectivity index (χ3v) is 2.65. The van der Waals surface area contributed by atoms with Crippen LogP contribution in [0.2, 0.25) is 0 Å². The van der Waals surface area contributed by atoms with Crippen molar-refractivity contribution in [3.63, 3.8) is 0 Å². The maximum atomic E-state index is 5.54. The Morgan fingerprint density at radius 1 is 1.50 bits per heavy atom. The summed E-state index contributed by atoms with van der Waals surface area (Å²) < 4.78 is 5.54. The van der Waals surface area contributed by atoms with E-state index in [2.05, 4.69) is 15.3 Å². The molecule has 0 amide bonds. The molecule has 16 heavy (non-hydrogen) atoms. The normalized spacial score (nSPS) is 19.8. The lowest BCUT2D eigenvalue weighted by atomic mass is 10.2. The molecule has 0 aromatic carbocycles. The summed E-state index contributed by atoms with van der Waals surface area (Å²) >= 11 is 0. The highest BCUT2D eigenvalue weighted by molar-refractivity contribution is 5.47. The fourth-order valence-electron chi connectivity index (χ4n) is 1.71. The zero-order chi connectivity index (χ0) is 11.4. The molecule has 1 atom stereocenters. The van der Waals surface area contributed by atoms with Gasteiger partial charge in [-0.2, -0.15) is 0 Å². The first kappa shape index (κ1) is 11.1. The summed E-state index contributed by atoms with van der Waals surface area (Å²) in [7, 11) is 3.93. The van der Waals surface area contributed by atoms with Crippen molar-refractivity contribution in [3.8, 4) is 0 Å². The molecule has 2 rings (SSSR count). The molecule has 1 saturated heterocycles. The van der Waals surface area contributed by atoms with Gasteiger partial charge >= 0.3 is 0 Å². The third-order valence-electron chi connectivity index (χ3n) is 2.65. The van der Waals surface area contributed by atoms with Crippen LogP contribution in [-0.4, -0.2) is 43.3 Å². The second kappa shape index (κ2) is 5.12. The second-order valence-electron chi connectivity index (χ2n) is 4.17. The van der Waals surface area contributed by atoms with Crippen LogP contribution in [0, 0.1) is 0 Å². The number of nitrogens with zero attached hydrogens (tertiary/aromatic N) is 3. The maximum absolute atomic E-state index is 5.54. The van der Waals surface area contributed by atoms with E-state index in [0.29, 0.717) is 6.10 Å². The van der Waals surface area contributed by atoms with E-state index >= 15 is 0 Å². The van der Waals surface area contributed by atoms with Crippen LogP contribution >= 0.6 is 0 Å². The van der Waals surface area contributed by atoms with Gasteiger partial charge in [-0.15, -0.1) is 0 Å². The van der Waals surface area contributed by atoms with E-state index in [4.69, 9.17) is 4.74 Å². The zero-order valence-electron chi connectivity index (χ0n) is 9.81. The number of ether oxygens (including phenoxy) is 1. The van der Waals surface area contributed by atoms with E-state index in [-0.39, 0.29) is 0 Å². The lowest BCUT2D eigenvalue weighted by Crippen LogP contribution is -2.19. The van der Waals surface area contributed by atoms with E-state index in [1.54, 1.807) is 6.33 Å². The highest BCUT2D eigenvalue weighted by Crippen LogP contribution is 2.14. The lowest BCUT2D eigenvalue weighted by Gasteiger charge is -2.14. The molecule has 0 spiro atoms. The second-order valence-corrected chi connectivity index (χ2v) is 4.17. The van der Waals surface area contributed by atoms with Crippen molar-refractivity contribution in [3.05, 3.63) is 12.4 Å². The molecule has 2 heterocycles. The quantitative estimate of drug-likeness (QED) is 0.827. The first-order valence-corrected chi connectivity index (χ1v) is 5.60. The summed E-state index contributed by atoms with van der Waals surface area (Å²) in [5.41, 5.74) is 0. The third kappa shape index (κ3) is 2.82. The molecule has 1 aromatic rings. The molecular weight excluding hydrogens is 204 g/mol. The van der Waals surface area contributed by atoms with Gasteiger partial charge in [-0.3, -0.25) is 0 Å². The standard InChI is InChI=1S/C11H18N4O/c1-15(2)11-6-10(13-8-14-11)12-7-9-4-3-5-16-9/h6,8-9H,3-5,7H2,1-2H3,(H,12,13,14)/t9-/m1/s1. The summed E-state index contributed by atoms with van der Waals surface area (Å²) in [6.45, 7) is 1.71. The molecule has 1 N–H and O–H groups in total. The van der Waals surface area contributed by atoms with Crippen molar-refractivity contribution in [1.29, 1.82) is 0 Å². The first-order chi connectivity index (χ1) is 7.75. The van der Waals surface area contributed by atoms with Crippen molar-refractivity contribution in [2.75, 3.05) is 37.5 Å². The van der Waals surface area contributed by atoms with Crippen LogP contribution in [0.3, 0.4) is 0 Å². The Morgan fingerprint density at radius 2 is 2.38 bits per heavy atom. The monoisotopic (exact) mass is 222 g/mol. The highest BCUT2D eigenvalue weighted by Gasteiger charge is 2.15. The number of aromatic nitrogens is 2. The fraction of sp³-hybridized carbons (Fsp3) is 0.636. The number of hydrogen-bond acceptors (Lipinski definition) is 5. The van der Waals surface area contributed by atoms with Crippen LogP contribution in [0.4, 0.5) is 11.6 Å². The zero-order valence-corrected chi connectivity index (χ0v) is 9.81. The lowest BCUT2D eigenvalue weighted by molar-refractivity contribution is 0.120. The van der Waals surface area contributed by atoms with Gasteiger partial charge in [0.2, 0.25) is 0 Å². The smallest absolute Gasteiger partial charge is 0.133 e. The SMILES string of the molecule is CN(C)c1cc(NC[C@H]2CCCO2)ncn1. The van der Waals surface area contributed by atoms with Gasteiger partial charge in [0.1, 0.15) is 18.0 Å². The van der Waals surface area contributed by atoms with Gasteiger partial charge in [-0.05, 0) is 12.8 Å². The summed E-state index contributed by atoms with van der Waals surface area (Å²) in [5.74, 6) is 1.76. The molecule has 1 fully saturated rings. The van der Waals surface area contributed by atoms with Crippen molar-refractivity contribution < 1.29 is 4.74 Å². The number of nitrogens with one attached hydrogen (secondary N) is 1. The predicted octanol–water partition coefficient (Wildman–Crippen LogP) is 1.13. The van der Waals surface area contributed by atoms with E-state index in [1.165, 1.54) is 6.42 Å². The molecule has 1 aliphatic heterocycles. The minimum atomic E-state index is 0.331. The van der Waals surface area contributed by atoms with E-state index < -0.39 is 0 Å². The van der Waals surface area contributed by atoms with Crippen molar-refractivity contribution in [2.24, 2.45) is 0 Å². The average Bonchev–Trinajstić information content (AvgIpc) is 2.79. The largest absolute Gasteiger partial charge is 0.376 e. The van der Waals surface area contributed by atoms with Crippen LogP contribution in [0.25, 0.3) is 0 Å². The van der Waals surface area contributed by atoms with Crippen LogP contribution in [0.5, 0.6) is 0 Å². The van der Waals surface area contributed by atoms with Crippen LogP contribution in [0.15, 0.2) is 12.4 Å². The van der Waals surface area contributed by atoms with E-state index in [1.807, 2.05) is 25.1 Å². The van der Waals surface area contributed by atoms with Gasteiger partial charge in [0.15, 0.2) is 0 Å². The van der Waals surface area contributed by atoms with Crippen molar-refractivity contribution in [1.82, 2.24) is 9.97 Å². The fourth-order valence-corrected chi connectivity index (χ4v) is 1.71. The molecule has 1 aromatic heterocycles.